The van der Waals surface area contributed by atoms with E-state index in [2.05, 4.69) is 55.6 Å². The second-order valence-electron chi connectivity index (χ2n) is 8.10. The van der Waals surface area contributed by atoms with Crippen molar-refractivity contribution in [3.05, 3.63) is 77.8 Å². The monoisotopic (exact) mass is 468 g/mol. The minimum Gasteiger partial charge on any atom is -0.338 e. The molecule has 0 saturated carbocycles. The summed E-state index contributed by atoms with van der Waals surface area (Å²) in [6.45, 7) is 3.79. The summed E-state index contributed by atoms with van der Waals surface area (Å²) < 4.78 is 13.7. The molecule has 0 aliphatic rings. The first kappa shape index (κ1) is 20.7. The molecule has 0 spiro atoms. The van der Waals surface area contributed by atoms with Gasteiger partial charge in [-0.3, -0.25) is 10.1 Å². The summed E-state index contributed by atoms with van der Waals surface area (Å²) in [4.78, 5) is 13.2. The van der Waals surface area contributed by atoms with Crippen molar-refractivity contribution in [1.82, 2.24) is 30.5 Å². The molecule has 0 fully saturated rings. The maximum Gasteiger partial charge on any atom is 0.176 e. The SMILES string of the molecule is CCNCc1cncc(-c2ccc3[nH]nc(-c4cc5c(-c6ccc(F)s6)ccnc5[nH]4)c3c2)c1. The zero-order valence-electron chi connectivity index (χ0n) is 18.4. The number of H-pyrrole nitrogens is 2. The zero-order chi connectivity index (χ0) is 23.1. The molecule has 0 amide bonds. The van der Waals surface area contributed by atoms with Crippen molar-refractivity contribution in [3.8, 4) is 33.0 Å². The van der Waals surface area contributed by atoms with E-state index in [1.807, 2.05) is 30.6 Å². The van der Waals surface area contributed by atoms with Crippen molar-refractivity contribution in [2.45, 2.75) is 13.5 Å². The molecule has 8 heteroatoms. The average molecular weight is 469 g/mol. The van der Waals surface area contributed by atoms with Crippen LogP contribution in [-0.4, -0.2) is 31.7 Å². The Bertz CT molecular complexity index is 1630. The average Bonchev–Trinajstić information content (AvgIpc) is 3.59. The van der Waals surface area contributed by atoms with Gasteiger partial charge in [-0.1, -0.05) is 13.0 Å². The second-order valence-corrected chi connectivity index (χ2v) is 9.14. The molecule has 0 saturated heterocycles. The van der Waals surface area contributed by atoms with Crippen LogP contribution in [-0.2, 0) is 6.54 Å². The van der Waals surface area contributed by atoms with Gasteiger partial charge in [0.2, 0.25) is 0 Å². The number of hydrogen-bond donors (Lipinski definition) is 3. The lowest BCUT2D eigenvalue weighted by molar-refractivity contribution is 0.657. The Morgan fingerprint density at radius 3 is 2.79 bits per heavy atom. The van der Waals surface area contributed by atoms with Crippen molar-refractivity contribution >= 4 is 33.3 Å². The lowest BCUT2D eigenvalue weighted by Crippen LogP contribution is -2.11. The molecule has 0 bridgehead atoms. The number of aromatic nitrogens is 5. The van der Waals surface area contributed by atoms with Crippen molar-refractivity contribution in [1.29, 1.82) is 0 Å². The van der Waals surface area contributed by atoms with Crippen LogP contribution in [0.2, 0.25) is 0 Å². The van der Waals surface area contributed by atoms with E-state index in [0.717, 1.165) is 84.9 Å². The van der Waals surface area contributed by atoms with Crippen LogP contribution in [0.5, 0.6) is 0 Å². The van der Waals surface area contributed by atoms with Gasteiger partial charge < -0.3 is 10.3 Å². The summed E-state index contributed by atoms with van der Waals surface area (Å²) in [6.07, 6.45) is 5.52. The number of nitrogens with one attached hydrogen (secondary N) is 3. The van der Waals surface area contributed by atoms with Gasteiger partial charge in [0, 0.05) is 51.9 Å². The predicted molar refractivity (Wildman–Crippen MR) is 135 cm³/mol. The molecule has 1 aromatic carbocycles. The molecule has 0 atom stereocenters. The largest absolute Gasteiger partial charge is 0.338 e. The highest BCUT2D eigenvalue weighted by atomic mass is 32.1. The first-order valence-electron chi connectivity index (χ1n) is 11.1. The van der Waals surface area contributed by atoms with Crippen molar-refractivity contribution in [2.75, 3.05) is 6.54 Å². The van der Waals surface area contributed by atoms with Gasteiger partial charge in [0.05, 0.1) is 11.2 Å². The summed E-state index contributed by atoms with van der Waals surface area (Å²) in [5, 5.41) is 12.8. The number of fused-ring (bicyclic) bond motifs is 2. The van der Waals surface area contributed by atoms with Crippen LogP contribution >= 0.6 is 11.3 Å². The maximum absolute atomic E-state index is 13.7. The number of halogens is 1. The van der Waals surface area contributed by atoms with E-state index < -0.39 is 0 Å². The first-order valence-corrected chi connectivity index (χ1v) is 11.9. The normalized spacial score (nSPS) is 11.6. The lowest BCUT2D eigenvalue weighted by atomic mass is 10.0. The van der Waals surface area contributed by atoms with Gasteiger partial charge in [-0.15, -0.1) is 11.3 Å². The molecule has 34 heavy (non-hydrogen) atoms. The third kappa shape index (κ3) is 3.67. The molecule has 6 aromatic rings. The Balaban J connectivity index is 1.44. The third-order valence-electron chi connectivity index (χ3n) is 5.90. The quantitative estimate of drug-likeness (QED) is 0.274. The lowest BCUT2D eigenvalue weighted by Gasteiger charge is -2.06. The van der Waals surface area contributed by atoms with Gasteiger partial charge in [-0.25, -0.2) is 4.98 Å². The first-order chi connectivity index (χ1) is 16.7. The van der Waals surface area contributed by atoms with Crippen LogP contribution in [0.1, 0.15) is 12.5 Å². The van der Waals surface area contributed by atoms with Gasteiger partial charge in [-0.2, -0.15) is 9.49 Å². The van der Waals surface area contributed by atoms with Crippen LogP contribution in [0.25, 0.3) is 54.9 Å². The number of benzene rings is 1. The molecule has 0 aliphatic carbocycles. The highest BCUT2D eigenvalue weighted by molar-refractivity contribution is 7.14. The topological polar surface area (TPSA) is 82.3 Å². The fraction of sp³-hybridized carbons (Fsp3) is 0.115. The highest BCUT2D eigenvalue weighted by Gasteiger charge is 2.16. The van der Waals surface area contributed by atoms with E-state index in [9.17, 15) is 4.39 Å². The van der Waals surface area contributed by atoms with Crippen LogP contribution in [0.3, 0.4) is 0 Å². The number of aromatic amines is 2. The highest BCUT2D eigenvalue weighted by Crippen LogP contribution is 2.36. The van der Waals surface area contributed by atoms with Crippen LogP contribution in [0, 0.1) is 5.13 Å². The van der Waals surface area contributed by atoms with E-state index in [0.29, 0.717) is 0 Å². The Labute approximate surface area is 198 Å². The summed E-state index contributed by atoms with van der Waals surface area (Å²) in [5.74, 6) is 0. The molecule has 6 rings (SSSR count). The molecular formula is C26H21FN6S. The summed E-state index contributed by atoms with van der Waals surface area (Å²) in [7, 11) is 0. The number of hydrogen-bond acceptors (Lipinski definition) is 5. The molecular weight excluding hydrogens is 447 g/mol. The van der Waals surface area contributed by atoms with Gasteiger partial charge in [0.25, 0.3) is 0 Å². The van der Waals surface area contributed by atoms with E-state index in [-0.39, 0.29) is 5.13 Å². The Morgan fingerprint density at radius 2 is 1.94 bits per heavy atom. The Kier molecular flexibility index (Phi) is 5.16. The molecule has 5 aromatic heterocycles. The van der Waals surface area contributed by atoms with Gasteiger partial charge in [0.15, 0.2) is 5.13 Å². The fourth-order valence-electron chi connectivity index (χ4n) is 4.24. The third-order valence-corrected chi connectivity index (χ3v) is 6.80. The van der Waals surface area contributed by atoms with E-state index in [1.165, 1.54) is 6.07 Å². The molecule has 0 aliphatic heterocycles. The van der Waals surface area contributed by atoms with Crippen LogP contribution in [0.4, 0.5) is 4.39 Å². The standard InChI is InChI=1S/C26H21FN6S/c1-2-28-12-15-9-17(14-29-13-15)16-3-4-21-20(10-16)25(33-32-21)22-11-19-18(7-8-30-26(19)31-22)23-5-6-24(27)34-23/h3-11,13-14,28H,2,12H2,1H3,(H,30,31)(H,32,33). The number of rotatable bonds is 6. The number of thiophene rings is 1. The number of nitrogens with zero attached hydrogens (tertiary/aromatic N) is 3. The van der Waals surface area contributed by atoms with Crippen LogP contribution < -0.4 is 5.32 Å². The molecule has 3 N–H and O–H groups in total. The van der Waals surface area contributed by atoms with Crippen molar-refractivity contribution in [3.63, 3.8) is 0 Å². The van der Waals surface area contributed by atoms with Crippen molar-refractivity contribution in [2.24, 2.45) is 0 Å². The van der Waals surface area contributed by atoms with Crippen molar-refractivity contribution < 1.29 is 4.39 Å². The van der Waals surface area contributed by atoms with Gasteiger partial charge >= 0.3 is 0 Å². The Morgan fingerprint density at radius 1 is 1.00 bits per heavy atom. The predicted octanol–water partition coefficient (Wildman–Crippen LogP) is 6.15. The maximum atomic E-state index is 13.7. The van der Waals surface area contributed by atoms with Crippen LogP contribution in [0.15, 0.2) is 67.1 Å². The second kappa shape index (κ2) is 8.48. The molecule has 5 heterocycles. The summed E-state index contributed by atoms with van der Waals surface area (Å²) >= 11 is 1.13. The minimum absolute atomic E-state index is 0.203. The van der Waals surface area contributed by atoms with Gasteiger partial charge in [0.1, 0.15) is 11.3 Å². The molecule has 0 unspecified atom stereocenters. The summed E-state index contributed by atoms with van der Waals surface area (Å²) in [5.41, 5.74) is 7.59. The summed E-state index contributed by atoms with van der Waals surface area (Å²) in [6, 6.07) is 15.7. The van der Waals surface area contributed by atoms with E-state index in [4.69, 9.17) is 0 Å². The smallest absolute Gasteiger partial charge is 0.176 e. The van der Waals surface area contributed by atoms with E-state index in [1.54, 1.807) is 12.3 Å². The van der Waals surface area contributed by atoms with E-state index >= 15 is 0 Å². The Hall–Kier alpha value is -3.88. The molecule has 168 valence electrons. The number of pyridine rings is 2. The zero-order valence-corrected chi connectivity index (χ0v) is 19.2. The fourth-order valence-corrected chi connectivity index (χ4v) is 5.01. The molecule has 0 radical (unpaired) electrons. The van der Waals surface area contributed by atoms with Gasteiger partial charge in [-0.05, 0) is 60.1 Å². The molecule has 6 nitrogen and oxygen atoms in total. The minimum atomic E-state index is -0.203.